The van der Waals surface area contributed by atoms with Crippen molar-refractivity contribution in [2.24, 2.45) is 0 Å². The van der Waals surface area contributed by atoms with Crippen molar-refractivity contribution >= 4 is 5.91 Å². The molecule has 2 fully saturated rings. The molecule has 0 radical (unpaired) electrons. The van der Waals surface area contributed by atoms with Crippen LogP contribution >= 0.6 is 0 Å². The van der Waals surface area contributed by atoms with Gasteiger partial charge in [-0.25, -0.2) is 0 Å². The standard InChI is InChI=1S/C26H31F2N3O3/c1-16(22-3-2-4-23-24(22)34-26(27,28)33-23)30-21-10-9-19(15-21)17-5-7-18(8-6-17)25(32)31-20-11-13-29-14-12-20/h2-8,16,19-21,29-30H,9-15H2,1H3,(H,31,32)/t16-,19?,21+/m1/s1. The SMILES string of the molecule is C[C@@H](N[C@H]1CCC(c2ccc(C(=O)NC3CCNCC3)cc2)C1)c1cccc2c1OC(F)(F)O2. The maximum Gasteiger partial charge on any atom is 0.586 e. The number of rotatable bonds is 6. The number of halogens is 2. The summed E-state index contributed by atoms with van der Waals surface area (Å²) in [4.78, 5) is 12.6. The number of piperidine rings is 1. The van der Waals surface area contributed by atoms with Gasteiger partial charge in [0.1, 0.15) is 0 Å². The summed E-state index contributed by atoms with van der Waals surface area (Å²) in [6.45, 7) is 3.84. The minimum Gasteiger partial charge on any atom is -0.395 e. The van der Waals surface area contributed by atoms with E-state index < -0.39 is 6.29 Å². The zero-order valence-corrected chi connectivity index (χ0v) is 19.3. The molecular formula is C26H31F2N3O3. The molecule has 5 rings (SSSR count). The minimum absolute atomic E-state index is 0.00888. The number of carbonyl (C=O) groups is 1. The fourth-order valence-electron chi connectivity index (χ4n) is 5.35. The first-order chi connectivity index (χ1) is 16.4. The van der Waals surface area contributed by atoms with Gasteiger partial charge in [0, 0.05) is 29.3 Å². The molecule has 1 aliphatic carbocycles. The molecule has 6 nitrogen and oxygen atoms in total. The Labute approximate surface area is 198 Å². The highest BCUT2D eigenvalue weighted by molar-refractivity contribution is 5.94. The van der Waals surface area contributed by atoms with Gasteiger partial charge in [-0.3, -0.25) is 4.79 Å². The van der Waals surface area contributed by atoms with Crippen molar-refractivity contribution in [1.82, 2.24) is 16.0 Å². The highest BCUT2D eigenvalue weighted by atomic mass is 19.3. The van der Waals surface area contributed by atoms with Crippen LogP contribution in [-0.2, 0) is 0 Å². The number of alkyl halides is 2. The molecule has 3 atom stereocenters. The summed E-state index contributed by atoms with van der Waals surface area (Å²) in [5.41, 5.74) is 2.59. The van der Waals surface area contributed by atoms with Crippen molar-refractivity contribution < 1.29 is 23.0 Å². The number of amides is 1. The quantitative estimate of drug-likeness (QED) is 0.580. The van der Waals surface area contributed by atoms with Crippen LogP contribution in [0, 0.1) is 0 Å². The van der Waals surface area contributed by atoms with E-state index in [1.165, 1.54) is 11.6 Å². The number of carbonyl (C=O) groups excluding carboxylic acids is 1. The molecule has 1 saturated carbocycles. The number of ether oxygens (including phenoxy) is 2. The van der Waals surface area contributed by atoms with E-state index >= 15 is 0 Å². The van der Waals surface area contributed by atoms with Gasteiger partial charge in [-0.15, -0.1) is 8.78 Å². The van der Waals surface area contributed by atoms with Gasteiger partial charge in [0.15, 0.2) is 11.5 Å². The van der Waals surface area contributed by atoms with E-state index in [1.807, 2.05) is 19.1 Å². The molecular weight excluding hydrogens is 440 g/mol. The Bertz CT molecular complexity index is 1020. The van der Waals surface area contributed by atoms with Crippen LogP contribution in [0.15, 0.2) is 42.5 Å². The third-order valence-electron chi connectivity index (χ3n) is 7.16. The van der Waals surface area contributed by atoms with E-state index in [9.17, 15) is 13.6 Å². The van der Waals surface area contributed by atoms with E-state index in [-0.39, 0.29) is 35.5 Å². The van der Waals surface area contributed by atoms with Gasteiger partial charge in [-0.2, -0.15) is 0 Å². The molecule has 3 aliphatic rings. The summed E-state index contributed by atoms with van der Waals surface area (Å²) in [6.07, 6.45) is 1.30. The Balaban J connectivity index is 1.17. The second-order valence-electron chi connectivity index (χ2n) is 9.56. The molecule has 0 aromatic heterocycles. The van der Waals surface area contributed by atoms with E-state index in [1.54, 1.807) is 12.1 Å². The predicted molar refractivity (Wildman–Crippen MR) is 124 cm³/mol. The van der Waals surface area contributed by atoms with Crippen LogP contribution in [0.1, 0.15) is 72.5 Å². The van der Waals surface area contributed by atoms with Crippen LogP contribution in [0.25, 0.3) is 0 Å². The lowest BCUT2D eigenvalue weighted by atomic mass is 9.96. The van der Waals surface area contributed by atoms with E-state index in [4.69, 9.17) is 4.74 Å². The number of nitrogens with one attached hydrogen (secondary N) is 3. The molecule has 1 unspecified atom stereocenters. The predicted octanol–water partition coefficient (Wildman–Crippen LogP) is 4.48. The van der Waals surface area contributed by atoms with Crippen molar-refractivity contribution in [3.05, 3.63) is 59.2 Å². The summed E-state index contributed by atoms with van der Waals surface area (Å²) >= 11 is 0. The summed E-state index contributed by atoms with van der Waals surface area (Å²) in [7, 11) is 0. The minimum atomic E-state index is -3.62. The normalized spacial score (nSPS) is 24.7. The third-order valence-corrected chi connectivity index (χ3v) is 7.16. The number of benzene rings is 2. The van der Waals surface area contributed by atoms with Crippen LogP contribution in [0.4, 0.5) is 8.78 Å². The molecule has 3 N–H and O–H groups in total. The van der Waals surface area contributed by atoms with Gasteiger partial charge in [0.2, 0.25) is 0 Å². The van der Waals surface area contributed by atoms with Gasteiger partial charge in [-0.05, 0) is 81.8 Å². The molecule has 0 spiro atoms. The maximum atomic E-state index is 13.5. The molecule has 2 heterocycles. The van der Waals surface area contributed by atoms with E-state index in [2.05, 4.69) is 32.8 Å². The summed E-state index contributed by atoms with van der Waals surface area (Å²) in [5, 5.41) is 10.0. The van der Waals surface area contributed by atoms with Crippen molar-refractivity contribution in [2.75, 3.05) is 13.1 Å². The van der Waals surface area contributed by atoms with Gasteiger partial charge < -0.3 is 25.4 Å². The topological polar surface area (TPSA) is 71.6 Å². The number of para-hydroxylation sites is 1. The Kier molecular flexibility index (Phi) is 6.44. The van der Waals surface area contributed by atoms with Crippen LogP contribution in [0.3, 0.4) is 0 Å². The van der Waals surface area contributed by atoms with Crippen LogP contribution in [0.2, 0.25) is 0 Å². The Morgan fingerprint density at radius 1 is 1.03 bits per heavy atom. The largest absolute Gasteiger partial charge is 0.586 e. The molecule has 2 aromatic carbocycles. The molecule has 34 heavy (non-hydrogen) atoms. The van der Waals surface area contributed by atoms with E-state index in [0.29, 0.717) is 17.0 Å². The lowest BCUT2D eigenvalue weighted by molar-refractivity contribution is -0.287. The average molecular weight is 472 g/mol. The zero-order valence-electron chi connectivity index (χ0n) is 19.3. The fourth-order valence-corrected chi connectivity index (χ4v) is 5.35. The summed E-state index contributed by atoms with van der Waals surface area (Å²) in [6, 6.07) is 13.3. The molecule has 182 valence electrons. The van der Waals surface area contributed by atoms with Gasteiger partial charge >= 0.3 is 6.29 Å². The molecule has 1 amide bonds. The third kappa shape index (κ3) is 5.03. The number of hydrogen-bond acceptors (Lipinski definition) is 5. The first kappa shape index (κ1) is 23.1. The maximum absolute atomic E-state index is 13.5. The Morgan fingerprint density at radius 2 is 1.79 bits per heavy atom. The highest BCUT2D eigenvalue weighted by Crippen LogP contribution is 2.45. The van der Waals surface area contributed by atoms with Crippen molar-refractivity contribution in [3.63, 3.8) is 0 Å². The summed E-state index contributed by atoms with van der Waals surface area (Å²) < 4.78 is 36.4. The zero-order chi connectivity index (χ0) is 23.7. The molecule has 2 aromatic rings. The Hall–Kier alpha value is -2.71. The molecule has 1 saturated heterocycles. The highest BCUT2D eigenvalue weighted by Gasteiger charge is 2.45. The van der Waals surface area contributed by atoms with Gasteiger partial charge in [-0.1, -0.05) is 24.3 Å². The van der Waals surface area contributed by atoms with Crippen molar-refractivity contribution in [2.45, 2.75) is 69.4 Å². The Morgan fingerprint density at radius 3 is 2.56 bits per heavy atom. The van der Waals surface area contributed by atoms with Crippen LogP contribution < -0.4 is 25.4 Å². The monoisotopic (exact) mass is 471 g/mol. The van der Waals surface area contributed by atoms with E-state index in [0.717, 1.165) is 45.2 Å². The van der Waals surface area contributed by atoms with Crippen molar-refractivity contribution in [3.8, 4) is 11.5 Å². The first-order valence-electron chi connectivity index (χ1n) is 12.1. The van der Waals surface area contributed by atoms with Crippen LogP contribution in [-0.4, -0.2) is 37.4 Å². The lowest BCUT2D eigenvalue weighted by Gasteiger charge is -2.23. The second kappa shape index (κ2) is 9.50. The molecule has 0 bridgehead atoms. The fraction of sp³-hybridized carbons (Fsp3) is 0.500. The lowest BCUT2D eigenvalue weighted by Crippen LogP contribution is -2.42. The number of hydrogen-bond donors (Lipinski definition) is 3. The van der Waals surface area contributed by atoms with Crippen LogP contribution in [0.5, 0.6) is 11.5 Å². The van der Waals surface area contributed by atoms with Gasteiger partial charge in [0.25, 0.3) is 5.91 Å². The average Bonchev–Trinajstić information content (AvgIpc) is 3.42. The molecule has 2 aliphatic heterocycles. The van der Waals surface area contributed by atoms with Crippen molar-refractivity contribution in [1.29, 1.82) is 0 Å². The number of fused-ring (bicyclic) bond motifs is 1. The first-order valence-corrected chi connectivity index (χ1v) is 12.1. The van der Waals surface area contributed by atoms with Gasteiger partial charge in [0.05, 0.1) is 0 Å². The smallest absolute Gasteiger partial charge is 0.395 e. The second-order valence-corrected chi connectivity index (χ2v) is 9.56. The molecule has 8 heteroatoms. The summed E-state index contributed by atoms with van der Waals surface area (Å²) in [5.74, 6) is 0.576.